The number of rotatable bonds is 6. The maximum absolute atomic E-state index is 6.02. The van der Waals surface area contributed by atoms with Crippen LogP contribution in [0.25, 0.3) is 11.5 Å². The van der Waals surface area contributed by atoms with Gasteiger partial charge in [0.1, 0.15) is 29.1 Å². The molecule has 0 saturated carbocycles. The molecule has 4 heterocycles. The Morgan fingerprint density at radius 3 is 2.81 bits per heavy atom. The van der Waals surface area contributed by atoms with Crippen molar-refractivity contribution in [3.05, 3.63) is 36.7 Å². The second-order valence-electron chi connectivity index (χ2n) is 5.94. The highest BCUT2D eigenvalue weighted by Crippen LogP contribution is 2.25. The maximum Gasteiger partial charge on any atom is 0.208 e. The van der Waals surface area contributed by atoms with E-state index in [0.717, 1.165) is 31.8 Å². The minimum absolute atomic E-state index is 0.184. The molecule has 1 saturated heterocycles. The summed E-state index contributed by atoms with van der Waals surface area (Å²) < 4.78 is 20.8. The van der Waals surface area contributed by atoms with Gasteiger partial charge in [0.2, 0.25) is 5.13 Å². The fourth-order valence-electron chi connectivity index (χ4n) is 2.66. The average molecular weight is 385 g/mol. The third-order valence-electron chi connectivity index (χ3n) is 4.06. The molecule has 0 atom stereocenters. The van der Waals surface area contributed by atoms with Crippen molar-refractivity contribution in [1.82, 2.24) is 19.3 Å². The summed E-state index contributed by atoms with van der Waals surface area (Å²) in [5.41, 5.74) is 0.685. The van der Waals surface area contributed by atoms with Gasteiger partial charge >= 0.3 is 0 Å². The van der Waals surface area contributed by atoms with Crippen LogP contribution in [0.3, 0.4) is 0 Å². The zero-order valence-electron chi connectivity index (χ0n) is 14.8. The summed E-state index contributed by atoms with van der Waals surface area (Å²) in [6, 6.07) is 7.37. The van der Waals surface area contributed by atoms with E-state index in [0.29, 0.717) is 28.2 Å². The minimum atomic E-state index is 0.184. The van der Waals surface area contributed by atoms with E-state index in [9.17, 15) is 0 Å². The van der Waals surface area contributed by atoms with Crippen LogP contribution in [-0.2, 0) is 4.74 Å². The molecule has 3 aromatic heterocycles. The summed E-state index contributed by atoms with van der Waals surface area (Å²) in [5, 5.41) is 3.81. The number of hydrogen-bond donors (Lipinski definition) is 1. The minimum Gasteiger partial charge on any atom is -0.495 e. The van der Waals surface area contributed by atoms with Crippen LogP contribution < -0.4 is 14.8 Å². The first-order chi connectivity index (χ1) is 13.3. The van der Waals surface area contributed by atoms with Crippen LogP contribution in [0.4, 0.5) is 10.9 Å². The molecule has 1 aliphatic rings. The molecule has 0 amide bonds. The normalized spacial score (nSPS) is 14.7. The first kappa shape index (κ1) is 17.6. The molecule has 3 aromatic rings. The van der Waals surface area contributed by atoms with Crippen molar-refractivity contribution in [2.45, 2.75) is 18.9 Å². The fourth-order valence-corrected chi connectivity index (χ4v) is 3.25. The van der Waals surface area contributed by atoms with E-state index in [-0.39, 0.29) is 6.10 Å². The van der Waals surface area contributed by atoms with E-state index in [1.807, 2.05) is 24.3 Å². The molecule has 9 heteroatoms. The zero-order valence-corrected chi connectivity index (χ0v) is 15.6. The standard InChI is InChI=1S/C18H19N5O3S/c1-24-14-2-3-15(20-11-14)17-22-18(27-23-17)21-16-10-13(4-7-19-16)26-12-5-8-25-9-6-12/h2-4,7,10-12H,5-6,8-9H2,1H3,(H,19,21,22,23). The summed E-state index contributed by atoms with van der Waals surface area (Å²) in [4.78, 5) is 13.1. The van der Waals surface area contributed by atoms with Crippen molar-refractivity contribution in [3.8, 4) is 23.0 Å². The first-order valence-electron chi connectivity index (χ1n) is 8.62. The van der Waals surface area contributed by atoms with Gasteiger partial charge < -0.3 is 19.5 Å². The number of nitrogens with one attached hydrogen (secondary N) is 1. The van der Waals surface area contributed by atoms with Crippen LogP contribution in [0, 0.1) is 0 Å². The highest BCUT2D eigenvalue weighted by molar-refractivity contribution is 7.09. The van der Waals surface area contributed by atoms with E-state index >= 15 is 0 Å². The lowest BCUT2D eigenvalue weighted by atomic mass is 10.1. The molecule has 8 nitrogen and oxygen atoms in total. The lowest BCUT2D eigenvalue weighted by Gasteiger charge is -2.23. The predicted molar refractivity (Wildman–Crippen MR) is 102 cm³/mol. The molecule has 0 unspecified atom stereocenters. The van der Waals surface area contributed by atoms with Crippen LogP contribution in [0.15, 0.2) is 36.7 Å². The van der Waals surface area contributed by atoms with Gasteiger partial charge in [-0.1, -0.05) is 0 Å². The van der Waals surface area contributed by atoms with Crippen molar-refractivity contribution < 1.29 is 14.2 Å². The molecule has 0 radical (unpaired) electrons. The number of hydrogen-bond acceptors (Lipinski definition) is 9. The second kappa shape index (κ2) is 8.28. The Bertz CT molecular complexity index is 881. The Morgan fingerprint density at radius 2 is 2.04 bits per heavy atom. The summed E-state index contributed by atoms with van der Waals surface area (Å²) in [7, 11) is 1.60. The first-order valence-corrected chi connectivity index (χ1v) is 9.39. The van der Waals surface area contributed by atoms with Gasteiger partial charge in [-0.25, -0.2) is 9.97 Å². The highest BCUT2D eigenvalue weighted by atomic mass is 32.1. The number of anilines is 2. The Morgan fingerprint density at radius 1 is 1.15 bits per heavy atom. The molecule has 1 fully saturated rings. The molecule has 0 spiro atoms. The Kier molecular flexibility index (Phi) is 5.40. The average Bonchev–Trinajstić information content (AvgIpc) is 3.17. The largest absolute Gasteiger partial charge is 0.495 e. The van der Waals surface area contributed by atoms with E-state index in [1.165, 1.54) is 11.5 Å². The summed E-state index contributed by atoms with van der Waals surface area (Å²) in [5.74, 6) is 2.68. The van der Waals surface area contributed by atoms with Crippen molar-refractivity contribution >= 4 is 22.5 Å². The quantitative estimate of drug-likeness (QED) is 0.691. The monoisotopic (exact) mass is 385 g/mol. The predicted octanol–water partition coefficient (Wildman–Crippen LogP) is 3.31. The molecule has 0 aliphatic carbocycles. The SMILES string of the molecule is COc1ccc(-c2nsc(Nc3cc(OC4CCOCC4)ccn3)n2)nc1. The number of nitrogens with zero attached hydrogens (tertiary/aromatic N) is 4. The Hall–Kier alpha value is -2.78. The molecular formula is C18H19N5O3S. The third-order valence-corrected chi connectivity index (χ3v) is 4.70. The fraction of sp³-hybridized carbons (Fsp3) is 0.333. The van der Waals surface area contributed by atoms with E-state index in [1.54, 1.807) is 19.5 Å². The van der Waals surface area contributed by atoms with Gasteiger partial charge in [-0.05, 0) is 18.2 Å². The smallest absolute Gasteiger partial charge is 0.208 e. The molecule has 140 valence electrons. The van der Waals surface area contributed by atoms with Crippen molar-refractivity contribution in [3.63, 3.8) is 0 Å². The third kappa shape index (κ3) is 4.50. The summed E-state index contributed by atoms with van der Waals surface area (Å²) in [6.07, 6.45) is 5.34. The van der Waals surface area contributed by atoms with Gasteiger partial charge in [0, 0.05) is 36.6 Å². The van der Waals surface area contributed by atoms with Gasteiger partial charge in [-0.15, -0.1) is 0 Å². The van der Waals surface area contributed by atoms with Crippen LogP contribution in [-0.4, -0.2) is 45.8 Å². The highest BCUT2D eigenvalue weighted by Gasteiger charge is 2.16. The molecule has 1 aliphatic heterocycles. The summed E-state index contributed by atoms with van der Waals surface area (Å²) >= 11 is 1.25. The Labute approximate surface area is 160 Å². The van der Waals surface area contributed by atoms with Gasteiger partial charge in [0.25, 0.3) is 0 Å². The maximum atomic E-state index is 6.02. The van der Waals surface area contributed by atoms with E-state index in [2.05, 4.69) is 24.6 Å². The topological polar surface area (TPSA) is 91.3 Å². The van der Waals surface area contributed by atoms with Gasteiger partial charge in [0.05, 0.1) is 26.5 Å². The van der Waals surface area contributed by atoms with Crippen LogP contribution in [0.5, 0.6) is 11.5 Å². The van der Waals surface area contributed by atoms with Crippen molar-refractivity contribution in [2.24, 2.45) is 0 Å². The van der Waals surface area contributed by atoms with Crippen molar-refractivity contribution in [2.75, 3.05) is 25.6 Å². The number of pyridine rings is 2. The second-order valence-corrected chi connectivity index (χ2v) is 6.69. The molecule has 1 N–H and O–H groups in total. The number of aromatic nitrogens is 4. The van der Waals surface area contributed by atoms with Crippen LogP contribution >= 0.6 is 11.5 Å². The summed E-state index contributed by atoms with van der Waals surface area (Å²) in [6.45, 7) is 1.49. The lowest BCUT2D eigenvalue weighted by molar-refractivity contribution is 0.0256. The molecular weight excluding hydrogens is 366 g/mol. The molecule has 27 heavy (non-hydrogen) atoms. The molecule has 0 aromatic carbocycles. The van der Waals surface area contributed by atoms with Gasteiger partial charge in [-0.2, -0.15) is 9.36 Å². The number of methoxy groups -OCH3 is 1. The van der Waals surface area contributed by atoms with Gasteiger partial charge in [-0.3, -0.25) is 0 Å². The van der Waals surface area contributed by atoms with Gasteiger partial charge in [0.15, 0.2) is 5.82 Å². The number of ether oxygens (including phenoxy) is 3. The van der Waals surface area contributed by atoms with Crippen molar-refractivity contribution in [1.29, 1.82) is 0 Å². The van der Waals surface area contributed by atoms with E-state index in [4.69, 9.17) is 14.2 Å². The Balaban J connectivity index is 1.43. The molecule has 0 bridgehead atoms. The lowest BCUT2D eigenvalue weighted by Crippen LogP contribution is -2.25. The van der Waals surface area contributed by atoms with Crippen LogP contribution in [0.2, 0.25) is 0 Å². The van der Waals surface area contributed by atoms with Crippen LogP contribution in [0.1, 0.15) is 12.8 Å². The zero-order chi connectivity index (χ0) is 18.5. The van der Waals surface area contributed by atoms with E-state index < -0.39 is 0 Å². The molecule has 4 rings (SSSR count).